The van der Waals surface area contributed by atoms with Crippen molar-refractivity contribution >= 4 is 11.8 Å². The van der Waals surface area contributed by atoms with Crippen LogP contribution in [0.4, 0.5) is 0 Å². The van der Waals surface area contributed by atoms with Crippen LogP contribution >= 0.6 is 0 Å². The average molecular weight is 232 g/mol. The maximum atomic E-state index is 11.9. The molecule has 0 aliphatic carbocycles. The predicted molar refractivity (Wildman–Crippen MR) is 64.1 cm³/mol. The molecule has 1 aromatic rings. The number of amides is 2. The van der Waals surface area contributed by atoms with E-state index in [-0.39, 0.29) is 23.8 Å². The van der Waals surface area contributed by atoms with Crippen molar-refractivity contribution in [3.05, 3.63) is 35.9 Å². The molecule has 2 atom stereocenters. The van der Waals surface area contributed by atoms with Crippen molar-refractivity contribution in [1.29, 1.82) is 0 Å². The summed E-state index contributed by atoms with van der Waals surface area (Å²) in [6.45, 7) is 2.39. The highest BCUT2D eigenvalue weighted by molar-refractivity contribution is 5.89. The van der Waals surface area contributed by atoms with Crippen LogP contribution in [-0.4, -0.2) is 18.4 Å². The maximum absolute atomic E-state index is 11.9. The monoisotopic (exact) mass is 232 g/mol. The lowest BCUT2D eigenvalue weighted by atomic mass is 10.1. The number of nitrogens with one attached hydrogen (secondary N) is 2. The second-order valence-corrected chi connectivity index (χ2v) is 4.35. The summed E-state index contributed by atoms with van der Waals surface area (Å²) in [6.07, 6.45) is 0.299. The summed E-state index contributed by atoms with van der Waals surface area (Å²) in [7, 11) is 0. The quantitative estimate of drug-likeness (QED) is 0.816. The Morgan fingerprint density at radius 3 is 2.71 bits per heavy atom. The van der Waals surface area contributed by atoms with Gasteiger partial charge in [0.15, 0.2) is 0 Å². The Kier molecular flexibility index (Phi) is 3.42. The fourth-order valence-corrected chi connectivity index (χ4v) is 1.95. The van der Waals surface area contributed by atoms with Gasteiger partial charge in [-0.2, -0.15) is 0 Å². The molecule has 0 saturated carbocycles. The Morgan fingerprint density at radius 1 is 1.41 bits per heavy atom. The van der Waals surface area contributed by atoms with Crippen LogP contribution in [0.5, 0.6) is 0 Å². The Hall–Kier alpha value is -1.84. The lowest BCUT2D eigenvalue weighted by Gasteiger charge is -2.16. The van der Waals surface area contributed by atoms with Gasteiger partial charge >= 0.3 is 0 Å². The van der Waals surface area contributed by atoms with Gasteiger partial charge in [0.2, 0.25) is 11.8 Å². The highest BCUT2D eigenvalue weighted by Gasteiger charge is 2.28. The molecular weight excluding hydrogens is 216 g/mol. The highest BCUT2D eigenvalue weighted by Crippen LogP contribution is 2.14. The minimum absolute atomic E-state index is 0.0283. The van der Waals surface area contributed by atoms with E-state index in [1.165, 1.54) is 0 Å². The molecule has 1 fully saturated rings. The van der Waals surface area contributed by atoms with Crippen LogP contribution in [0.1, 0.15) is 24.9 Å². The third-order valence-electron chi connectivity index (χ3n) is 3.01. The van der Waals surface area contributed by atoms with Gasteiger partial charge < -0.3 is 10.6 Å². The minimum Gasteiger partial charge on any atom is -0.355 e. The normalized spacial score (nSPS) is 20.8. The van der Waals surface area contributed by atoms with Gasteiger partial charge in [0.1, 0.15) is 0 Å². The second-order valence-electron chi connectivity index (χ2n) is 4.35. The molecule has 4 heteroatoms. The molecule has 0 aromatic heterocycles. The van der Waals surface area contributed by atoms with Crippen LogP contribution in [0.3, 0.4) is 0 Å². The van der Waals surface area contributed by atoms with Crippen LogP contribution in [0, 0.1) is 5.92 Å². The summed E-state index contributed by atoms with van der Waals surface area (Å²) in [5, 5.41) is 5.59. The Morgan fingerprint density at radius 2 is 2.12 bits per heavy atom. The van der Waals surface area contributed by atoms with Crippen LogP contribution in [0.2, 0.25) is 0 Å². The molecule has 1 saturated heterocycles. The number of rotatable bonds is 3. The number of benzene rings is 1. The van der Waals surface area contributed by atoms with E-state index in [0.29, 0.717) is 13.0 Å². The molecule has 0 radical (unpaired) electrons. The maximum Gasteiger partial charge on any atom is 0.225 e. The summed E-state index contributed by atoms with van der Waals surface area (Å²) in [5.74, 6) is -0.328. The number of hydrogen-bond acceptors (Lipinski definition) is 2. The van der Waals surface area contributed by atoms with Crippen molar-refractivity contribution in [1.82, 2.24) is 10.6 Å². The Bertz CT molecular complexity index is 417. The molecule has 1 aliphatic heterocycles. The Labute approximate surface area is 100 Å². The summed E-state index contributed by atoms with van der Waals surface area (Å²) >= 11 is 0. The number of hydrogen-bond donors (Lipinski definition) is 2. The molecule has 90 valence electrons. The van der Waals surface area contributed by atoms with Crippen molar-refractivity contribution in [2.24, 2.45) is 5.92 Å². The summed E-state index contributed by atoms with van der Waals surface area (Å²) in [5.41, 5.74) is 1.07. The first-order chi connectivity index (χ1) is 8.16. The summed E-state index contributed by atoms with van der Waals surface area (Å²) in [6, 6.07) is 9.75. The average Bonchev–Trinajstić information content (AvgIpc) is 2.77. The van der Waals surface area contributed by atoms with E-state index < -0.39 is 0 Å². The molecule has 4 nitrogen and oxygen atoms in total. The summed E-state index contributed by atoms with van der Waals surface area (Å²) < 4.78 is 0. The van der Waals surface area contributed by atoms with Crippen molar-refractivity contribution in [2.45, 2.75) is 19.4 Å². The third kappa shape index (κ3) is 2.84. The first-order valence-electron chi connectivity index (χ1n) is 5.79. The van der Waals surface area contributed by atoms with Crippen molar-refractivity contribution in [3.63, 3.8) is 0 Å². The molecule has 1 heterocycles. The molecular formula is C13H16N2O2. The fourth-order valence-electron chi connectivity index (χ4n) is 1.95. The van der Waals surface area contributed by atoms with E-state index >= 15 is 0 Å². The zero-order chi connectivity index (χ0) is 12.3. The van der Waals surface area contributed by atoms with Gasteiger partial charge in [-0.1, -0.05) is 30.3 Å². The van der Waals surface area contributed by atoms with Gasteiger partial charge in [-0.3, -0.25) is 9.59 Å². The van der Waals surface area contributed by atoms with Crippen LogP contribution in [0.25, 0.3) is 0 Å². The van der Waals surface area contributed by atoms with Gasteiger partial charge in [-0.05, 0) is 12.5 Å². The molecule has 2 rings (SSSR count). The zero-order valence-corrected chi connectivity index (χ0v) is 9.77. The Balaban J connectivity index is 1.93. The van der Waals surface area contributed by atoms with E-state index in [2.05, 4.69) is 10.6 Å². The standard InChI is InChI=1S/C13H16N2O2/c1-9(10-5-3-2-4-6-10)15-13(17)11-7-12(16)14-8-11/h2-6,9,11H,7-8H2,1H3,(H,14,16)(H,15,17)/t9-,11?/m0/s1. The topological polar surface area (TPSA) is 58.2 Å². The molecule has 1 aromatic carbocycles. The van der Waals surface area contributed by atoms with Crippen LogP contribution in [-0.2, 0) is 9.59 Å². The first kappa shape index (κ1) is 11.6. The van der Waals surface area contributed by atoms with Crippen LogP contribution < -0.4 is 10.6 Å². The fraction of sp³-hybridized carbons (Fsp3) is 0.385. The van der Waals surface area contributed by atoms with E-state index in [1.54, 1.807) is 0 Å². The molecule has 2 N–H and O–H groups in total. The van der Waals surface area contributed by atoms with Crippen molar-refractivity contribution in [3.8, 4) is 0 Å². The van der Waals surface area contributed by atoms with Crippen LogP contribution in [0.15, 0.2) is 30.3 Å². The SMILES string of the molecule is C[C@H](NC(=O)C1CNC(=O)C1)c1ccccc1. The number of carbonyl (C=O) groups is 2. The molecule has 1 aliphatic rings. The second kappa shape index (κ2) is 4.99. The lowest BCUT2D eigenvalue weighted by molar-refractivity contribution is -0.127. The predicted octanol–water partition coefficient (Wildman–Crippen LogP) is 1.000. The van der Waals surface area contributed by atoms with Gasteiger partial charge in [0.05, 0.1) is 12.0 Å². The summed E-state index contributed by atoms with van der Waals surface area (Å²) in [4.78, 5) is 22.9. The smallest absolute Gasteiger partial charge is 0.225 e. The minimum atomic E-state index is -0.228. The van der Waals surface area contributed by atoms with Gasteiger partial charge in [0.25, 0.3) is 0 Å². The van der Waals surface area contributed by atoms with Gasteiger partial charge in [0, 0.05) is 13.0 Å². The molecule has 17 heavy (non-hydrogen) atoms. The number of carbonyl (C=O) groups excluding carboxylic acids is 2. The molecule has 0 bridgehead atoms. The highest BCUT2D eigenvalue weighted by atomic mass is 16.2. The van der Waals surface area contributed by atoms with Crippen molar-refractivity contribution in [2.75, 3.05) is 6.54 Å². The molecule has 2 amide bonds. The third-order valence-corrected chi connectivity index (χ3v) is 3.01. The van der Waals surface area contributed by atoms with Gasteiger partial charge in [-0.25, -0.2) is 0 Å². The van der Waals surface area contributed by atoms with E-state index in [1.807, 2.05) is 37.3 Å². The first-order valence-corrected chi connectivity index (χ1v) is 5.79. The zero-order valence-electron chi connectivity index (χ0n) is 9.77. The largest absolute Gasteiger partial charge is 0.355 e. The van der Waals surface area contributed by atoms with E-state index in [4.69, 9.17) is 0 Å². The molecule has 0 spiro atoms. The lowest BCUT2D eigenvalue weighted by Crippen LogP contribution is -2.33. The van der Waals surface area contributed by atoms with Crippen molar-refractivity contribution < 1.29 is 9.59 Å². The molecule has 1 unspecified atom stereocenters. The van der Waals surface area contributed by atoms with E-state index in [9.17, 15) is 9.59 Å². The van der Waals surface area contributed by atoms with Gasteiger partial charge in [-0.15, -0.1) is 0 Å². The van der Waals surface area contributed by atoms with E-state index in [0.717, 1.165) is 5.56 Å².